The molecular formula is C13H17F3N2O. The average molecular weight is 274 g/mol. The molecular weight excluding hydrogens is 257 g/mol. The Bertz CT molecular complexity index is 423. The number of halogens is 3. The van der Waals surface area contributed by atoms with E-state index >= 15 is 0 Å². The van der Waals surface area contributed by atoms with Crippen LogP contribution in [0, 0.1) is 0 Å². The third kappa shape index (κ3) is 3.92. The molecule has 0 saturated carbocycles. The molecule has 0 amide bonds. The summed E-state index contributed by atoms with van der Waals surface area (Å²) in [6.45, 7) is 0.928. The van der Waals surface area contributed by atoms with Gasteiger partial charge in [-0.25, -0.2) is 0 Å². The maximum Gasteiger partial charge on any atom is 0.522 e. The molecule has 0 spiro atoms. The van der Waals surface area contributed by atoms with Crippen molar-refractivity contribution in [2.24, 2.45) is 5.73 Å². The predicted molar refractivity (Wildman–Crippen MR) is 65.4 cm³/mol. The van der Waals surface area contributed by atoms with E-state index in [-0.39, 0.29) is 19.2 Å². The SMILES string of the molecule is NCC1Cc2ccccc2CN1CCOC(F)(F)F. The highest BCUT2D eigenvalue weighted by Gasteiger charge is 2.30. The lowest BCUT2D eigenvalue weighted by Gasteiger charge is -2.36. The van der Waals surface area contributed by atoms with Crippen molar-refractivity contribution in [3.05, 3.63) is 35.4 Å². The van der Waals surface area contributed by atoms with Crippen LogP contribution in [0.25, 0.3) is 0 Å². The first kappa shape index (κ1) is 14.3. The van der Waals surface area contributed by atoms with Gasteiger partial charge in [-0.3, -0.25) is 9.64 Å². The Morgan fingerprint density at radius 1 is 1.26 bits per heavy atom. The number of nitrogens with zero attached hydrogens (tertiary/aromatic N) is 1. The summed E-state index contributed by atoms with van der Waals surface area (Å²) in [5.41, 5.74) is 8.08. The second-order valence-corrected chi connectivity index (χ2v) is 4.63. The van der Waals surface area contributed by atoms with Gasteiger partial charge in [0.2, 0.25) is 0 Å². The lowest BCUT2D eigenvalue weighted by Crippen LogP contribution is -2.46. The van der Waals surface area contributed by atoms with E-state index in [1.165, 1.54) is 5.56 Å². The van der Waals surface area contributed by atoms with Crippen molar-refractivity contribution in [1.29, 1.82) is 0 Å². The van der Waals surface area contributed by atoms with Gasteiger partial charge in [0.1, 0.15) is 0 Å². The van der Waals surface area contributed by atoms with Crippen LogP contribution < -0.4 is 5.73 Å². The fourth-order valence-electron chi connectivity index (χ4n) is 2.41. The summed E-state index contributed by atoms with van der Waals surface area (Å²) in [6, 6.07) is 8.02. The minimum atomic E-state index is -4.56. The molecule has 1 aliphatic heterocycles. The van der Waals surface area contributed by atoms with Gasteiger partial charge in [-0.1, -0.05) is 24.3 Å². The first-order chi connectivity index (χ1) is 8.99. The van der Waals surface area contributed by atoms with Crippen molar-refractivity contribution >= 4 is 0 Å². The van der Waals surface area contributed by atoms with Crippen LogP contribution in [0.15, 0.2) is 24.3 Å². The molecule has 0 bridgehead atoms. The standard InChI is InChI=1S/C13H17F3N2O/c14-13(15,16)19-6-5-18-9-11-4-2-1-3-10(11)7-12(18)8-17/h1-4,12H,5-9,17H2. The van der Waals surface area contributed by atoms with Gasteiger partial charge in [0.25, 0.3) is 0 Å². The third-order valence-corrected chi connectivity index (χ3v) is 3.38. The van der Waals surface area contributed by atoms with Crippen LogP contribution in [0.2, 0.25) is 0 Å². The highest BCUT2D eigenvalue weighted by Crippen LogP contribution is 2.23. The van der Waals surface area contributed by atoms with Crippen LogP contribution in [0.1, 0.15) is 11.1 Å². The first-order valence-corrected chi connectivity index (χ1v) is 6.21. The van der Waals surface area contributed by atoms with Crippen LogP contribution in [0.3, 0.4) is 0 Å². The number of benzene rings is 1. The van der Waals surface area contributed by atoms with Crippen LogP contribution >= 0.6 is 0 Å². The zero-order valence-electron chi connectivity index (χ0n) is 10.5. The summed E-state index contributed by atoms with van der Waals surface area (Å²) in [5, 5.41) is 0. The van der Waals surface area contributed by atoms with Gasteiger partial charge in [0, 0.05) is 25.7 Å². The second kappa shape index (κ2) is 5.90. The Kier molecular flexibility index (Phi) is 4.44. The molecule has 0 aromatic heterocycles. The van der Waals surface area contributed by atoms with Gasteiger partial charge >= 0.3 is 6.36 Å². The van der Waals surface area contributed by atoms with Crippen molar-refractivity contribution < 1.29 is 17.9 Å². The fourth-order valence-corrected chi connectivity index (χ4v) is 2.41. The van der Waals surface area contributed by atoms with Crippen LogP contribution in [0.4, 0.5) is 13.2 Å². The van der Waals surface area contributed by atoms with Crippen LogP contribution in [0.5, 0.6) is 0 Å². The van der Waals surface area contributed by atoms with Crippen molar-refractivity contribution in [3.8, 4) is 0 Å². The molecule has 19 heavy (non-hydrogen) atoms. The number of alkyl halides is 3. The quantitative estimate of drug-likeness (QED) is 0.911. The lowest BCUT2D eigenvalue weighted by atomic mass is 9.94. The van der Waals surface area contributed by atoms with Crippen molar-refractivity contribution in [2.45, 2.75) is 25.4 Å². The minimum Gasteiger partial charge on any atom is -0.329 e. The molecule has 0 saturated heterocycles. The Hall–Kier alpha value is -1.11. The van der Waals surface area contributed by atoms with Crippen molar-refractivity contribution in [2.75, 3.05) is 19.7 Å². The summed E-state index contributed by atoms with van der Waals surface area (Å²) in [4.78, 5) is 1.95. The lowest BCUT2D eigenvalue weighted by molar-refractivity contribution is -0.325. The predicted octanol–water partition coefficient (Wildman–Crippen LogP) is 1.91. The average Bonchev–Trinajstić information content (AvgIpc) is 2.36. The summed E-state index contributed by atoms with van der Waals surface area (Å²) >= 11 is 0. The van der Waals surface area contributed by atoms with Crippen molar-refractivity contribution in [3.63, 3.8) is 0 Å². The molecule has 0 radical (unpaired) electrons. The van der Waals surface area contributed by atoms with Gasteiger partial charge < -0.3 is 5.73 Å². The second-order valence-electron chi connectivity index (χ2n) is 4.63. The van der Waals surface area contributed by atoms with Gasteiger partial charge in [-0.2, -0.15) is 0 Å². The number of nitrogens with two attached hydrogens (primary N) is 1. The molecule has 1 unspecified atom stereocenters. The Labute approximate surface area is 110 Å². The highest BCUT2D eigenvalue weighted by atomic mass is 19.4. The molecule has 1 aromatic rings. The maximum atomic E-state index is 12.0. The Morgan fingerprint density at radius 2 is 1.95 bits per heavy atom. The van der Waals surface area contributed by atoms with Crippen LogP contribution in [-0.4, -0.2) is 37.0 Å². The molecule has 2 N–H and O–H groups in total. The number of hydrogen-bond acceptors (Lipinski definition) is 3. The maximum absolute atomic E-state index is 12.0. The molecule has 0 fully saturated rings. The summed E-state index contributed by atoms with van der Waals surface area (Å²) in [5.74, 6) is 0. The molecule has 3 nitrogen and oxygen atoms in total. The Balaban J connectivity index is 1.97. The van der Waals surface area contributed by atoms with Crippen molar-refractivity contribution in [1.82, 2.24) is 4.90 Å². The molecule has 1 aromatic carbocycles. The smallest absolute Gasteiger partial charge is 0.329 e. The summed E-state index contributed by atoms with van der Waals surface area (Å²) in [7, 11) is 0. The number of hydrogen-bond donors (Lipinski definition) is 1. The van der Waals surface area contributed by atoms with E-state index in [1.54, 1.807) is 0 Å². The zero-order chi connectivity index (χ0) is 13.9. The largest absolute Gasteiger partial charge is 0.522 e. The molecule has 6 heteroatoms. The van der Waals surface area contributed by atoms with E-state index in [9.17, 15) is 13.2 Å². The van der Waals surface area contributed by atoms with E-state index in [0.29, 0.717) is 13.1 Å². The molecule has 2 rings (SSSR count). The zero-order valence-corrected chi connectivity index (χ0v) is 10.5. The normalized spacial score (nSPS) is 20.3. The molecule has 106 valence electrons. The van der Waals surface area contributed by atoms with Gasteiger partial charge in [0.05, 0.1) is 6.61 Å². The monoisotopic (exact) mass is 274 g/mol. The van der Waals surface area contributed by atoms with Gasteiger partial charge in [0.15, 0.2) is 0 Å². The first-order valence-electron chi connectivity index (χ1n) is 6.21. The molecule has 0 aliphatic carbocycles. The van der Waals surface area contributed by atoms with E-state index in [1.807, 2.05) is 29.2 Å². The van der Waals surface area contributed by atoms with E-state index in [0.717, 1.165) is 12.0 Å². The fraction of sp³-hybridized carbons (Fsp3) is 0.538. The van der Waals surface area contributed by atoms with E-state index in [4.69, 9.17) is 5.73 Å². The number of fused-ring (bicyclic) bond motifs is 1. The topological polar surface area (TPSA) is 38.5 Å². The molecule has 1 heterocycles. The van der Waals surface area contributed by atoms with E-state index in [2.05, 4.69) is 4.74 Å². The summed E-state index contributed by atoms with van der Waals surface area (Å²) in [6.07, 6.45) is -3.79. The van der Waals surface area contributed by atoms with Gasteiger partial charge in [-0.05, 0) is 17.5 Å². The third-order valence-electron chi connectivity index (χ3n) is 3.38. The molecule has 1 aliphatic rings. The number of rotatable bonds is 4. The molecule has 1 atom stereocenters. The van der Waals surface area contributed by atoms with E-state index < -0.39 is 6.36 Å². The number of ether oxygens (including phenoxy) is 1. The summed E-state index contributed by atoms with van der Waals surface area (Å²) < 4.78 is 39.7. The minimum absolute atomic E-state index is 0.0757. The van der Waals surface area contributed by atoms with Crippen LogP contribution in [-0.2, 0) is 17.7 Å². The van der Waals surface area contributed by atoms with Gasteiger partial charge in [-0.15, -0.1) is 13.2 Å². The Morgan fingerprint density at radius 3 is 2.58 bits per heavy atom. The highest BCUT2D eigenvalue weighted by molar-refractivity contribution is 5.30.